The van der Waals surface area contributed by atoms with Crippen LogP contribution in [0.1, 0.15) is 11.1 Å². The van der Waals surface area contributed by atoms with Crippen LogP contribution in [-0.4, -0.2) is 66.0 Å². The summed E-state index contributed by atoms with van der Waals surface area (Å²) in [4.78, 5) is 0. The monoisotopic (exact) mass is 776 g/mol. The molecule has 1 N–H and O–H groups in total. The van der Waals surface area contributed by atoms with Gasteiger partial charge in [-0.15, -0.1) is 0 Å². The van der Waals surface area contributed by atoms with Crippen molar-refractivity contribution in [1.29, 1.82) is 0 Å². The van der Waals surface area contributed by atoms with Gasteiger partial charge in [-0.05, 0) is 0 Å². The van der Waals surface area contributed by atoms with E-state index < -0.39 is 105 Å². The van der Waals surface area contributed by atoms with Crippen LogP contribution >= 0.6 is 0 Å². The third kappa shape index (κ3) is 3.81. The molecule has 0 fully saturated rings. The SMILES string of the molecule is O[As]12(OC(C(F)(F)C(F)(F)F)(C(F)(F)C(F)(F)F)c3ccccc31)OC(C(F)(F)C(F)(F)F)(C(F)(F)C(F)(F)F)c1ccccc12. The molecule has 0 aromatic heterocycles. The zero-order valence-corrected chi connectivity index (χ0v) is 22.8. The van der Waals surface area contributed by atoms with Crippen molar-refractivity contribution in [3.63, 3.8) is 0 Å². The van der Waals surface area contributed by atoms with Crippen LogP contribution in [0.25, 0.3) is 0 Å². The molecule has 0 atom stereocenters. The van der Waals surface area contributed by atoms with E-state index in [1.807, 2.05) is 0 Å². The molecule has 0 saturated heterocycles. The molecular formula is C22H9AsF20O3. The molecule has 0 saturated carbocycles. The molecule has 0 radical (unpaired) electrons. The summed E-state index contributed by atoms with van der Waals surface area (Å²) in [6.07, 6.45) is -30.6. The normalized spacial score (nSPS) is 22.2. The van der Waals surface area contributed by atoms with Crippen molar-refractivity contribution in [2.24, 2.45) is 0 Å². The van der Waals surface area contributed by atoms with Crippen LogP contribution in [0.5, 0.6) is 0 Å². The van der Waals surface area contributed by atoms with Crippen molar-refractivity contribution in [3.05, 3.63) is 59.7 Å². The Kier molecular flexibility index (Phi) is 7.21. The van der Waals surface area contributed by atoms with Gasteiger partial charge in [0.05, 0.1) is 0 Å². The summed E-state index contributed by atoms with van der Waals surface area (Å²) in [5.74, 6) is -30.9. The van der Waals surface area contributed by atoms with Gasteiger partial charge in [0.15, 0.2) is 0 Å². The molecule has 2 aromatic carbocycles. The van der Waals surface area contributed by atoms with E-state index in [9.17, 15) is 56.8 Å². The average Bonchev–Trinajstić information content (AvgIpc) is 3.28. The number of rotatable bonds is 4. The van der Waals surface area contributed by atoms with E-state index in [0.717, 1.165) is 0 Å². The molecule has 0 unspecified atom stereocenters. The van der Waals surface area contributed by atoms with Gasteiger partial charge in [-0.25, -0.2) is 0 Å². The molecule has 2 heterocycles. The number of benzene rings is 2. The Morgan fingerprint density at radius 3 is 0.848 bits per heavy atom. The van der Waals surface area contributed by atoms with E-state index in [2.05, 4.69) is 7.45 Å². The summed E-state index contributed by atoms with van der Waals surface area (Å²) in [5.41, 5.74) is -19.6. The molecular weight excluding hydrogens is 767 g/mol. The van der Waals surface area contributed by atoms with Crippen LogP contribution in [0.4, 0.5) is 87.8 Å². The quantitative estimate of drug-likeness (QED) is 0.271. The van der Waals surface area contributed by atoms with E-state index in [1.54, 1.807) is 0 Å². The Morgan fingerprint density at radius 1 is 0.413 bits per heavy atom. The van der Waals surface area contributed by atoms with Gasteiger partial charge in [0, 0.05) is 0 Å². The first-order chi connectivity index (χ1) is 20.2. The Balaban J connectivity index is 2.35. The predicted octanol–water partition coefficient (Wildman–Crippen LogP) is 6.93. The molecule has 1 spiro atoms. The summed E-state index contributed by atoms with van der Waals surface area (Å²) >= 11 is -9.64. The fraction of sp³-hybridized carbons (Fsp3) is 0.455. The Hall–Kier alpha value is -2.52. The van der Waals surface area contributed by atoms with E-state index >= 15 is 35.1 Å². The molecule has 0 aliphatic carbocycles. The van der Waals surface area contributed by atoms with Crippen LogP contribution in [-0.2, 0) is 18.7 Å². The zero-order chi connectivity index (χ0) is 35.8. The van der Waals surface area contributed by atoms with Crippen molar-refractivity contribution in [2.45, 2.75) is 59.6 Å². The fourth-order valence-electron chi connectivity index (χ4n) is 5.28. The van der Waals surface area contributed by atoms with E-state index in [0.29, 0.717) is 0 Å². The summed E-state index contributed by atoms with van der Waals surface area (Å²) < 4.78 is 300. The van der Waals surface area contributed by atoms with E-state index in [1.165, 1.54) is 0 Å². The first-order valence-electron chi connectivity index (χ1n) is 11.4. The van der Waals surface area contributed by atoms with Crippen molar-refractivity contribution in [1.82, 2.24) is 0 Å². The molecule has 0 bridgehead atoms. The van der Waals surface area contributed by atoms with Crippen LogP contribution in [0.15, 0.2) is 48.5 Å². The summed E-state index contributed by atoms with van der Waals surface area (Å²) in [6.45, 7) is 0. The molecule has 46 heavy (non-hydrogen) atoms. The fourth-order valence-corrected chi connectivity index (χ4v) is 14.5. The second-order valence-electron chi connectivity index (χ2n) is 9.78. The predicted molar refractivity (Wildman–Crippen MR) is 110 cm³/mol. The van der Waals surface area contributed by atoms with Crippen LogP contribution < -0.4 is 8.70 Å². The van der Waals surface area contributed by atoms with Gasteiger partial charge in [0.25, 0.3) is 0 Å². The molecule has 2 aromatic rings. The molecule has 2 aliphatic heterocycles. The second-order valence-corrected chi connectivity index (χ2v) is 16.4. The van der Waals surface area contributed by atoms with Crippen molar-refractivity contribution in [3.8, 4) is 0 Å². The van der Waals surface area contributed by atoms with Gasteiger partial charge in [0.2, 0.25) is 0 Å². The van der Waals surface area contributed by atoms with Gasteiger partial charge in [0.1, 0.15) is 0 Å². The zero-order valence-electron chi connectivity index (χ0n) is 20.9. The summed E-state index contributed by atoms with van der Waals surface area (Å²) in [7, 11) is 0. The van der Waals surface area contributed by atoms with E-state index in [4.69, 9.17) is 0 Å². The maximum absolute atomic E-state index is 15.2. The molecule has 2 aliphatic rings. The van der Waals surface area contributed by atoms with Crippen LogP contribution in [0.3, 0.4) is 0 Å². The third-order valence-corrected chi connectivity index (χ3v) is 15.0. The standard InChI is InChI=1S/C22H9AsF20O3/c24-15(25,19(32,33)34)13(16(26,27)20(35,36)37)9-5-1-3-7-11(9)23(44,45-13)12-8-4-2-6-10(12)14(46-23,17(28,29)21(38,39)40)18(30,31)22(41,42)43/h1-8,44H. The molecule has 4 rings (SSSR count). The van der Waals surface area contributed by atoms with Crippen molar-refractivity contribution < 1.29 is 99.4 Å². The number of hydrogen-bond donors (Lipinski definition) is 1. The Labute approximate surface area is 241 Å². The van der Waals surface area contributed by atoms with Crippen molar-refractivity contribution in [2.75, 3.05) is 0 Å². The molecule has 3 nitrogen and oxygen atoms in total. The molecule has 24 heteroatoms. The Bertz CT molecular complexity index is 1390. The van der Waals surface area contributed by atoms with Crippen molar-refractivity contribution >= 4 is 22.2 Å². The minimum atomic E-state index is -9.64. The third-order valence-electron chi connectivity index (χ3n) is 7.22. The average molecular weight is 776 g/mol. The van der Waals surface area contributed by atoms with Gasteiger partial charge >= 0.3 is 241 Å². The first-order valence-corrected chi connectivity index (χ1v) is 15.6. The number of hydrogen-bond acceptors (Lipinski definition) is 3. The number of fused-ring (bicyclic) bond motifs is 4. The van der Waals surface area contributed by atoms with Gasteiger partial charge in [-0.3, -0.25) is 0 Å². The Morgan fingerprint density at radius 2 is 0.630 bits per heavy atom. The van der Waals surface area contributed by atoms with Crippen LogP contribution in [0, 0.1) is 0 Å². The molecule has 260 valence electrons. The van der Waals surface area contributed by atoms with Gasteiger partial charge < -0.3 is 0 Å². The van der Waals surface area contributed by atoms with E-state index in [-0.39, 0.29) is 36.4 Å². The first kappa shape index (κ1) is 36.3. The summed E-state index contributed by atoms with van der Waals surface area (Å²) in [6, 6.07) is -1.16. The second kappa shape index (κ2) is 9.13. The van der Waals surface area contributed by atoms with Gasteiger partial charge in [-0.2, -0.15) is 0 Å². The molecule has 0 amide bonds. The maximum atomic E-state index is 15.2. The minimum absolute atomic E-state index is 0.0713. The van der Waals surface area contributed by atoms with Crippen LogP contribution in [0.2, 0.25) is 0 Å². The number of alkyl halides is 20. The summed E-state index contributed by atoms with van der Waals surface area (Å²) in [5, 5.41) is 0. The van der Waals surface area contributed by atoms with Gasteiger partial charge in [-0.1, -0.05) is 0 Å². The number of halogens is 20. The topological polar surface area (TPSA) is 38.7 Å².